The molecule has 2 aromatic heterocycles. The molecule has 0 aliphatic rings. The smallest absolute Gasteiger partial charge is 0.320 e. The van der Waals surface area contributed by atoms with Crippen molar-refractivity contribution in [1.82, 2.24) is 10.3 Å². The van der Waals surface area contributed by atoms with Crippen molar-refractivity contribution in [2.24, 2.45) is 0 Å². The maximum absolute atomic E-state index is 11.5. The average molecular weight is 268 g/mol. The lowest BCUT2D eigenvalue weighted by Crippen LogP contribution is -2.28. The van der Waals surface area contributed by atoms with E-state index in [1.165, 1.54) is 6.20 Å². The summed E-state index contributed by atoms with van der Waals surface area (Å²) in [5.74, 6) is 0.470. The molecule has 0 atom stereocenters. The van der Waals surface area contributed by atoms with Crippen LogP contribution in [0.25, 0.3) is 0 Å². The molecule has 4 nitrogen and oxygen atoms in total. The third-order valence-corrected chi connectivity index (χ3v) is 3.07. The lowest BCUT2D eigenvalue weighted by Gasteiger charge is -2.05. The van der Waals surface area contributed by atoms with Crippen LogP contribution in [0.15, 0.2) is 35.8 Å². The molecule has 2 N–H and O–H groups in total. The Bertz CT molecular complexity index is 484. The second-order valence-corrected chi connectivity index (χ2v) is 4.72. The van der Waals surface area contributed by atoms with E-state index in [1.54, 1.807) is 23.5 Å². The number of halogens is 1. The lowest BCUT2D eigenvalue weighted by atomic mass is 10.4. The van der Waals surface area contributed by atoms with Crippen LogP contribution in [0.1, 0.15) is 4.88 Å². The fraction of sp³-hybridized carbons (Fsp3) is 0.0909. The molecular weight excluding hydrogens is 258 g/mol. The number of aromatic nitrogens is 1. The van der Waals surface area contributed by atoms with Gasteiger partial charge in [-0.1, -0.05) is 17.7 Å². The summed E-state index contributed by atoms with van der Waals surface area (Å²) in [7, 11) is 0. The predicted molar refractivity (Wildman–Crippen MR) is 69.4 cm³/mol. The Morgan fingerprint density at radius 3 is 2.94 bits per heavy atom. The van der Waals surface area contributed by atoms with Crippen LogP contribution in [0, 0.1) is 0 Å². The Morgan fingerprint density at radius 1 is 1.41 bits per heavy atom. The van der Waals surface area contributed by atoms with Gasteiger partial charge in [-0.15, -0.1) is 11.3 Å². The van der Waals surface area contributed by atoms with Crippen LogP contribution in [0.4, 0.5) is 10.6 Å². The molecule has 0 saturated carbocycles. The van der Waals surface area contributed by atoms with E-state index in [2.05, 4.69) is 15.6 Å². The number of rotatable bonds is 3. The molecular formula is C11H10ClN3OS. The molecule has 2 rings (SSSR count). The second kappa shape index (κ2) is 5.65. The highest BCUT2D eigenvalue weighted by molar-refractivity contribution is 7.09. The van der Waals surface area contributed by atoms with Gasteiger partial charge >= 0.3 is 6.03 Å². The Morgan fingerprint density at radius 2 is 2.29 bits per heavy atom. The number of hydrogen-bond acceptors (Lipinski definition) is 3. The van der Waals surface area contributed by atoms with Gasteiger partial charge in [-0.05, 0) is 23.6 Å². The van der Waals surface area contributed by atoms with Gasteiger partial charge < -0.3 is 5.32 Å². The second-order valence-electron chi connectivity index (χ2n) is 3.25. The van der Waals surface area contributed by atoms with Crippen molar-refractivity contribution in [2.45, 2.75) is 6.54 Å². The summed E-state index contributed by atoms with van der Waals surface area (Å²) >= 11 is 7.29. The zero-order chi connectivity index (χ0) is 12.1. The summed E-state index contributed by atoms with van der Waals surface area (Å²) in [5.41, 5.74) is 0. The van der Waals surface area contributed by atoms with E-state index < -0.39 is 0 Å². The molecule has 0 aromatic carbocycles. The maximum Gasteiger partial charge on any atom is 0.320 e. The third-order valence-electron chi connectivity index (χ3n) is 1.97. The first-order valence-electron chi connectivity index (χ1n) is 4.93. The van der Waals surface area contributed by atoms with Crippen molar-refractivity contribution >= 4 is 34.8 Å². The number of carbonyl (C=O) groups is 1. The summed E-state index contributed by atoms with van der Waals surface area (Å²) in [5, 5.41) is 7.86. The molecule has 17 heavy (non-hydrogen) atoms. The van der Waals surface area contributed by atoms with Gasteiger partial charge in [0.1, 0.15) is 5.82 Å². The number of thiophene rings is 1. The number of nitrogens with one attached hydrogen (secondary N) is 2. The number of hydrogen-bond donors (Lipinski definition) is 2. The highest BCUT2D eigenvalue weighted by Crippen LogP contribution is 2.10. The standard InChI is InChI=1S/C11H10ClN3OS/c12-8-3-4-10(13-6-8)15-11(16)14-7-9-2-1-5-17-9/h1-6H,7H2,(H2,13,14,15,16). The topological polar surface area (TPSA) is 54.0 Å². The predicted octanol–water partition coefficient (Wildman–Crippen LogP) is 3.12. The van der Waals surface area contributed by atoms with Gasteiger partial charge in [-0.3, -0.25) is 5.32 Å². The summed E-state index contributed by atoms with van der Waals surface area (Å²) in [6, 6.07) is 6.94. The minimum absolute atomic E-state index is 0.284. The quantitative estimate of drug-likeness (QED) is 0.898. The van der Waals surface area contributed by atoms with E-state index >= 15 is 0 Å². The van der Waals surface area contributed by atoms with Gasteiger partial charge in [-0.25, -0.2) is 9.78 Å². The van der Waals surface area contributed by atoms with Crippen molar-refractivity contribution < 1.29 is 4.79 Å². The van der Waals surface area contributed by atoms with Gasteiger partial charge in [-0.2, -0.15) is 0 Å². The van der Waals surface area contributed by atoms with Gasteiger partial charge in [0, 0.05) is 11.1 Å². The van der Waals surface area contributed by atoms with Gasteiger partial charge in [0.25, 0.3) is 0 Å². The average Bonchev–Trinajstić information content (AvgIpc) is 2.83. The molecule has 0 radical (unpaired) electrons. The number of urea groups is 1. The lowest BCUT2D eigenvalue weighted by molar-refractivity contribution is 0.252. The minimum atomic E-state index is -0.284. The van der Waals surface area contributed by atoms with E-state index in [-0.39, 0.29) is 6.03 Å². The highest BCUT2D eigenvalue weighted by atomic mass is 35.5. The molecule has 6 heteroatoms. The van der Waals surface area contributed by atoms with E-state index in [0.29, 0.717) is 17.4 Å². The number of nitrogens with zero attached hydrogens (tertiary/aromatic N) is 1. The van der Waals surface area contributed by atoms with E-state index in [0.717, 1.165) is 4.88 Å². The minimum Gasteiger partial charge on any atom is -0.333 e. The zero-order valence-corrected chi connectivity index (χ0v) is 10.4. The fourth-order valence-corrected chi connectivity index (χ4v) is 1.95. The fourth-order valence-electron chi connectivity index (χ4n) is 1.19. The normalized spacial score (nSPS) is 9.94. The van der Waals surface area contributed by atoms with Crippen LogP contribution < -0.4 is 10.6 Å². The zero-order valence-electron chi connectivity index (χ0n) is 8.81. The van der Waals surface area contributed by atoms with Gasteiger partial charge in [0.2, 0.25) is 0 Å². The van der Waals surface area contributed by atoms with Crippen LogP contribution >= 0.6 is 22.9 Å². The Balaban J connectivity index is 1.83. The Labute approximate surface area is 108 Å². The summed E-state index contributed by atoms with van der Waals surface area (Å²) in [4.78, 5) is 16.6. The molecule has 0 aliphatic heterocycles. The molecule has 2 aromatic rings. The third kappa shape index (κ3) is 3.72. The summed E-state index contributed by atoms with van der Waals surface area (Å²) < 4.78 is 0. The maximum atomic E-state index is 11.5. The van der Waals surface area contributed by atoms with Gasteiger partial charge in [0.05, 0.1) is 11.6 Å². The summed E-state index contributed by atoms with van der Waals surface area (Å²) in [6.07, 6.45) is 1.48. The molecule has 88 valence electrons. The molecule has 2 amide bonds. The SMILES string of the molecule is O=C(NCc1cccs1)Nc1ccc(Cl)cn1. The first kappa shape index (κ1) is 11.9. The first-order chi connectivity index (χ1) is 8.24. The number of amides is 2. The highest BCUT2D eigenvalue weighted by Gasteiger charge is 2.02. The van der Waals surface area contributed by atoms with Crippen molar-refractivity contribution in [2.75, 3.05) is 5.32 Å². The van der Waals surface area contributed by atoms with Crippen LogP contribution in [0.2, 0.25) is 5.02 Å². The molecule has 0 saturated heterocycles. The Kier molecular flexibility index (Phi) is 3.95. The number of anilines is 1. The molecule has 2 heterocycles. The van der Waals surface area contributed by atoms with Crippen LogP contribution in [0.3, 0.4) is 0 Å². The van der Waals surface area contributed by atoms with Crippen LogP contribution in [-0.4, -0.2) is 11.0 Å². The monoisotopic (exact) mass is 267 g/mol. The summed E-state index contributed by atoms with van der Waals surface area (Å²) in [6.45, 7) is 0.511. The van der Waals surface area contributed by atoms with Crippen molar-refractivity contribution in [1.29, 1.82) is 0 Å². The van der Waals surface area contributed by atoms with Crippen molar-refractivity contribution in [3.8, 4) is 0 Å². The van der Waals surface area contributed by atoms with Gasteiger partial charge in [0.15, 0.2) is 0 Å². The van der Waals surface area contributed by atoms with E-state index in [4.69, 9.17) is 11.6 Å². The number of carbonyl (C=O) groups excluding carboxylic acids is 1. The number of pyridine rings is 1. The van der Waals surface area contributed by atoms with Crippen LogP contribution in [-0.2, 0) is 6.54 Å². The molecule has 0 fully saturated rings. The van der Waals surface area contributed by atoms with Crippen molar-refractivity contribution in [3.63, 3.8) is 0 Å². The molecule has 0 bridgehead atoms. The molecule has 0 aliphatic carbocycles. The molecule has 0 spiro atoms. The van der Waals surface area contributed by atoms with E-state index in [9.17, 15) is 4.79 Å². The van der Waals surface area contributed by atoms with Crippen LogP contribution in [0.5, 0.6) is 0 Å². The van der Waals surface area contributed by atoms with E-state index in [1.807, 2.05) is 17.5 Å². The first-order valence-corrected chi connectivity index (χ1v) is 6.18. The largest absolute Gasteiger partial charge is 0.333 e. The molecule has 0 unspecified atom stereocenters. The Hall–Kier alpha value is -1.59. The van der Waals surface area contributed by atoms with Crippen molar-refractivity contribution in [3.05, 3.63) is 45.7 Å².